The highest BCUT2D eigenvalue weighted by Gasteiger charge is 2.29. The van der Waals surface area contributed by atoms with Crippen molar-refractivity contribution in [1.29, 1.82) is 0 Å². The van der Waals surface area contributed by atoms with E-state index in [-0.39, 0.29) is 0 Å². The van der Waals surface area contributed by atoms with Crippen LogP contribution in [0, 0.1) is 0 Å². The fraction of sp³-hybridized carbons (Fsp3) is 0.286. The van der Waals surface area contributed by atoms with E-state index in [0.29, 0.717) is 34.3 Å². The first-order valence-corrected chi connectivity index (χ1v) is 14.3. The summed E-state index contributed by atoms with van der Waals surface area (Å²) in [5, 5.41) is 0. The highest BCUT2D eigenvalue weighted by molar-refractivity contribution is 9.13. The van der Waals surface area contributed by atoms with Gasteiger partial charge in [0.05, 0.1) is 10.5 Å². The van der Waals surface area contributed by atoms with Crippen LogP contribution in [0.4, 0.5) is 0 Å². The number of ether oxygens (including phenoxy) is 3. The number of piperidine rings is 1. The van der Waals surface area contributed by atoms with Crippen molar-refractivity contribution in [3.05, 3.63) is 87.7 Å². The smallest absolute Gasteiger partial charge is 0.193 e. The zero-order chi connectivity index (χ0) is 24.0. The molecular weight excluding hydrogens is 526 g/mol. The largest absolute Gasteiger partial charge is 0.679 e. The molecule has 0 amide bonds. The molecule has 2 heterocycles. The van der Waals surface area contributed by atoms with Crippen LogP contribution in [0.2, 0.25) is 0 Å². The van der Waals surface area contributed by atoms with E-state index >= 15 is 0 Å². The third-order valence-corrected chi connectivity index (χ3v) is 9.27. The van der Waals surface area contributed by atoms with Gasteiger partial charge in [-0.25, -0.2) is 11.2 Å². The molecule has 5 rings (SSSR count). The van der Waals surface area contributed by atoms with E-state index in [0.717, 1.165) is 28.3 Å². The van der Waals surface area contributed by atoms with Gasteiger partial charge in [0, 0.05) is 28.5 Å². The average Bonchev–Trinajstić information content (AvgIpc) is 3.14. The molecule has 2 aliphatic heterocycles. The van der Waals surface area contributed by atoms with Crippen LogP contribution in [0.15, 0.2) is 81.5 Å². The molecule has 0 aromatic heterocycles. The lowest BCUT2D eigenvalue weighted by atomic mass is 10.1. The van der Waals surface area contributed by atoms with E-state index in [1.807, 2.05) is 72.8 Å². The molecule has 1 saturated heterocycles. The number of fused-ring (bicyclic) bond motifs is 1. The maximum atomic E-state index is 13.0. The SMILES string of the molecule is [O-][SH2+]1C(Br)=C(Oc2ccc(OCCN3CCCCC3)cc2)c2ccc(OCc3ccccc3)cc21. The fourth-order valence-corrected chi connectivity index (χ4v) is 6.66. The Labute approximate surface area is 218 Å². The molecule has 0 radical (unpaired) electrons. The highest BCUT2D eigenvalue weighted by Crippen LogP contribution is 2.44. The summed E-state index contributed by atoms with van der Waals surface area (Å²) in [6, 6.07) is 23.3. The molecule has 0 unspecified atom stereocenters. The molecule has 0 aliphatic carbocycles. The summed E-state index contributed by atoms with van der Waals surface area (Å²) in [5.41, 5.74) is 1.91. The molecule has 0 atom stereocenters. The van der Waals surface area contributed by atoms with Crippen LogP contribution in [0.1, 0.15) is 30.4 Å². The molecule has 3 aromatic carbocycles. The molecule has 0 spiro atoms. The lowest BCUT2D eigenvalue weighted by Gasteiger charge is -2.26. The Morgan fingerprint density at radius 2 is 1.54 bits per heavy atom. The van der Waals surface area contributed by atoms with E-state index in [4.69, 9.17) is 14.2 Å². The van der Waals surface area contributed by atoms with Crippen molar-refractivity contribution in [2.75, 3.05) is 26.2 Å². The molecule has 184 valence electrons. The fourth-order valence-electron chi connectivity index (χ4n) is 4.38. The Morgan fingerprint density at radius 3 is 2.31 bits per heavy atom. The number of nitrogens with zero attached hydrogens (tertiary/aromatic N) is 1. The Kier molecular flexibility index (Phi) is 7.99. The third-order valence-electron chi connectivity index (χ3n) is 6.30. The first kappa shape index (κ1) is 24.3. The van der Waals surface area contributed by atoms with Crippen LogP contribution in [0.3, 0.4) is 0 Å². The molecule has 5 nitrogen and oxygen atoms in total. The van der Waals surface area contributed by atoms with Crippen molar-refractivity contribution in [3.8, 4) is 17.2 Å². The number of likely N-dealkylation sites (tertiary alicyclic amines) is 1. The normalized spacial score (nSPS) is 16.8. The number of benzene rings is 3. The second-order valence-corrected chi connectivity index (χ2v) is 12.0. The van der Waals surface area contributed by atoms with E-state index < -0.39 is 11.2 Å². The summed E-state index contributed by atoms with van der Waals surface area (Å²) in [5.74, 6) is 2.78. The van der Waals surface area contributed by atoms with Gasteiger partial charge < -0.3 is 18.8 Å². The van der Waals surface area contributed by atoms with Gasteiger partial charge in [-0.3, -0.25) is 4.90 Å². The Hall–Kier alpha value is -2.45. The van der Waals surface area contributed by atoms with E-state index in [9.17, 15) is 4.55 Å². The van der Waals surface area contributed by atoms with Crippen molar-refractivity contribution in [3.63, 3.8) is 0 Å². The number of rotatable bonds is 9. The van der Waals surface area contributed by atoms with E-state index in [1.165, 1.54) is 32.4 Å². The van der Waals surface area contributed by atoms with Crippen molar-refractivity contribution >= 4 is 32.9 Å². The second kappa shape index (κ2) is 11.5. The summed E-state index contributed by atoms with van der Waals surface area (Å²) in [6.45, 7) is 4.45. The second-order valence-electron chi connectivity index (χ2n) is 8.78. The van der Waals surface area contributed by atoms with Gasteiger partial charge in [0.15, 0.2) is 9.57 Å². The van der Waals surface area contributed by atoms with Gasteiger partial charge >= 0.3 is 0 Å². The Balaban J connectivity index is 1.19. The Morgan fingerprint density at radius 1 is 0.829 bits per heavy atom. The van der Waals surface area contributed by atoms with Crippen LogP contribution in [0.25, 0.3) is 5.76 Å². The van der Waals surface area contributed by atoms with Crippen LogP contribution >= 0.6 is 15.9 Å². The molecule has 3 aromatic rings. The minimum Gasteiger partial charge on any atom is -0.679 e. The van der Waals surface area contributed by atoms with Gasteiger partial charge in [-0.1, -0.05) is 36.8 Å². The van der Waals surface area contributed by atoms with Gasteiger partial charge in [0.1, 0.15) is 30.5 Å². The molecular formula is C28H30BrNO4S. The van der Waals surface area contributed by atoms with Gasteiger partial charge in [0.2, 0.25) is 0 Å². The van der Waals surface area contributed by atoms with E-state index in [1.54, 1.807) is 0 Å². The molecule has 0 saturated carbocycles. The Bertz CT molecular complexity index is 1160. The molecule has 35 heavy (non-hydrogen) atoms. The summed E-state index contributed by atoms with van der Waals surface area (Å²) >= 11 is 1.33. The van der Waals surface area contributed by atoms with Crippen LogP contribution in [-0.4, -0.2) is 35.7 Å². The molecule has 0 N–H and O–H groups in total. The average molecular weight is 557 g/mol. The highest BCUT2D eigenvalue weighted by atomic mass is 79.9. The van der Waals surface area contributed by atoms with E-state index in [2.05, 4.69) is 20.8 Å². The summed E-state index contributed by atoms with van der Waals surface area (Å²) in [7, 11) is 0. The van der Waals surface area contributed by atoms with Crippen LogP contribution in [0.5, 0.6) is 17.2 Å². The van der Waals surface area contributed by atoms with Gasteiger partial charge in [-0.2, -0.15) is 0 Å². The molecule has 0 bridgehead atoms. The maximum Gasteiger partial charge on any atom is 0.193 e. The zero-order valence-corrected chi connectivity index (χ0v) is 22.1. The molecule has 2 aliphatic rings. The van der Waals surface area contributed by atoms with Crippen LogP contribution < -0.4 is 14.2 Å². The first-order valence-electron chi connectivity index (χ1n) is 12.1. The van der Waals surface area contributed by atoms with Crippen molar-refractivity contribution in [2.45, 2.75) is 30.8 Å². The summed E-state index contributed by atoms with van der Waals surface area (Å²) in [6.07, 6.45) is 3.91. The first-order chi connectivity index (χ1) is 17.2. The predicted octanol–water partition coefficient (Wildman–Crippen LogP) is 5.82. The quantitative estimate of drug-likeness (QED) is 0.311. The van der Waals surface area contributed by atoms with Gasteiger partial charge in [-0.15, -0.1) is 0 Å². The third kappa shape index (κ3) is 6.04. The monoisotopic (exact) mass is 555 g/mol. The zero-order valence-electron chi connectivity index (χ0n) is 19.5. The molecule has 1 fully saturated rings. The van der Waals surface area contributed by atoms with Crippen molar-refractivity contribution in [1.82, 2.24) is 4.90 Å². The summed E-state index contributed by atoms with van der Waals surface area (Å²) < 4.78 is 31.6. The van der Waals surface area contributed by atoms with Gasteiger partial charge in [0.25, 0.3) is 0 Å². The lowest BCUT2D eigenvalue weighted by molar-refractivity contribution is 0.183. The topological polar surface area (TPSA) is 54.0 Å². The van der Waals surface area contributed by atoms with Crippen LogP contribution in [-0.2, 0) is 17.8 Å². The number of hydrogen-bond donors (Lipinski definition) is 0. The maximum absolute atomic E-state index is 13.0. The summed E-state index contributed by atoms with van der Waals surface area (Å²) in [4.78, 5) is 3.21. The van der Waals surface area contributed by atoms with Gasteiger partial charge in [-0.05, 0) is 67.9 Å². The van der Waals surface area contributed by atoms with Crippen molar-refractivity contribution < 1.29 is 18.8 Å². The molecule has 7 heteroatoms. The lowest BCUT2D eigenvalue weighted by Crippen LogP contribution is -2.33. The minimum atomic E-state index is -2.18. The standard InChI is InChI=1S/C28H30BrNO4S/c29-28-27(34-23-11-9-22(10-12-23)32-18-17-30-15-5-2-6-16-30)25-14-13-24(19-26(25)35(28)31)33-20-21-7-3-1-4-8-21/h1,3-4,7-14,19H,2,5-6,15-18,20,35H2. The number of halogens is 1. The minimum absolute atomic E-state index is 0.463. The van der Waals surface area contributed by atoms with Crippen molar-refractivity contribution in [2.24, 2.45) is 0 Å². The predicted molar refractivity (Wildman–Crippen MR) is 145 cm³/mol. The number of hydrogen-bond acceptors (Lipinski definition) is 5.